The minimum atomic E-state index is -0.0886. The second-order valence-electron chi connectivity index (χ2n) is 4.83. The fourth-order valence-electron chi connectivity index (χ4n) is 2.38. The first kappa shape index (κ1) is 13.0. The van der Waals surface area contributed by atoms with Crippen molar-refractivity contribution in [2.24, 2.45) is 0 Å². The van der Waals surface area contributed by atoms with E-state index in [1.54, 1.807) is 11.8 Å². The third-order valence-corrected chi connectivity index (χ3v) is 3.66. The van der Waals surface area contributed by atoms with Crippen molar-refractivity contribution < 1.29 is 4.79 Å². The molecule has 0 bridgehead atoms. The number of rotatable bonds is 3. The molecule has 1 aromatic heterocycles. The average Bonchev–Trinajstić information content (AvgIpc) is 2.84. The molecule has 1 N–H and O–H groups in total. The van der Waals surface area contributed by atoms with Gasteiger partial charge in [0.25, 0.3) is 5.91 Å². The summed E-state index contributed by atoms with van der Waals surface area (Å²) in [4.78, 5) is 20.5. The van der Waals surface area contributed by atoms with Crippen LogP contribution in [0.25, 0.3) is 0 Å². The summed E-state index contributed by atoms with van der Waals surface area (Å²) in [6.45, 7) is 7.18. The van der Waals surface area contributed by atoms with E-state index in [2.05, 4.69) is 27.0 Å². The Morgan fingerprint density at radius 3 is 2.67 bits per heavy atom. The Bertz CT molecular complexity index is 408. The molecular formula is C12H21N5O. The van der Waals surface area contributed by atoms with E-state index in [4.69, 9.17) is 0 Å². The summed E-state index contributed by atoms with van der Waals surface area (Å²) >= 11 is 0. The van der Waals surface area contributed by atoms with E-state index in [-0.39, 0.29) is 11.7 Å². The zero-order valence-electron chi connectivity index (χ0n) is 11.3. The predicted octanol–water partition coefficient (Wildman–Crippen LogP) is 0.669. The van der Waals surface area contributed by atoms with Crippen LogP contribution in [0.4, 0.5) is 0 Å². The van der Waals surface area contributed by atoms with Crippen LogP contribution >= 0.6 is 0 Å². The third kappa shape index (κ3) is 2.69. The first-order chi connectivity index (χ1) is 8.61. The van der Waals surface area contributed by atoms with Gasteiger partial charge in [0.2, 0.25) is 5.82 Å². The van der Waals surface area contributed by atoms with Gasteiger partial charge in [0.1, 0.15) is 5.82 Å². The molecule has 6 heteroatoms. The first-order valence-electron chi connectivity index (χ1n) is 6.50. The first-order valence-corrected chi connectivity index (χ1v) is 6.50. The summed E-state index contributed by atoms with van der Waals surface area (Å²) in [6.07, 6.45) is 2.05. The van der Waals surface area contributed by atoms with Crippen molar-refractivity contribution in [1.29, 1.82) is 0 Å². The minimum absolute atomic E-state index is 0.0886. The highest BCUT2D eigenvalue weighted by Crippen LogP contribution is 2.16. The Labute approximate surface area is 107 Å². The van der Waals surface area contributed by atoms with Crippen LogP contribution < -0.4 is 0 Å². The second-order valence-corrected chi connectivity index (χ2v) is 4.83. The van der Waals surface area contributed by atoms with Crippen LogP contribution in [-0.4, -0.2) is 63.6 Å². The van der Waals surface area contributed by atoms with Crippen LogP contribution in [0.1, 0.15) is 36.2 Å². The van der Waals surface area contributed by atoms with Crippen molar-refractivity contribution in [3.05, 3.63) is 11.6 Å². The Morgan fingerprint density at radius 1 is 1.50 bits per heavy atom. The van der Waals surface area contributed by atoms with Crippen molar-refractivity contribution >= 4 is 5.91 Å². The maximum absolute atomic E-state index is 12.2. The van der Waals surface area contributed by atoms with E-state index >= 15 is 0 Å². The Balaban J connectivity index is 1.95. The molecule has 0 spiro atoms. The molecule has 1 aromatic rings. The lowest BCUT2D eigenvalue weighted by molar-refractivity contribution is 0.0635. The van der Waals surface area contributed by atoms with E-state index in [1.165, 1.54) is 0 Å². The molecule has 0 aliphatic carbocycles. The molecule has 0 radical (unpaired) electrons. The van der Waals surface area contributed by atoms with Crippen LogP contribution in [-0.2, 0) is 0 Å². The van der Waals surface area contributed by atoms with Crippen LogP contribution in [0.5, 0.6) is 0 Å². The highest BCUT2D eigenvalue weighted by atomic mass is 16.2. The van der Waals surface area contributed by atoms with Crippen molar-refractivity contribution in [2.45, 2.75) is 32.7 Å². The van der Waals surface area contributed by atoms with Crippen LogP contribution in [0, 0.1) is 6.92 Å². The molecular weight excluding hydrogens is 230 g/mol. The second kappa shape index (κ2) is 5.48. The van der Waals surface area contributed by atoms with Crippen LogP contribution in [0.3, 0.4) is 0 Å². The number of carbonyl (C=O) groups is 1. The van der Waals surface area contributed by atoms with Crippen molar-refractivity contribution in [3.63, 3.8) is 0 Å². The molecule has 1 saturated heterocycles. The minimum Gasteiger partial charge on any atom is -0.336 e. The van der Waals surface area contributed by atoms with Crippen molar-refractivity contribution in [1.82, 2.24) is 25.0 Å². The summed E-state index contributed by atoms with van der Waals surface area (Å²) in [7, 11) is 1.85. The average molecular weight is 251 g/mol. The predicted molar refractivity (Wildman–Crippen MR) is 68.3 cm³/mol. The molecule has 1 aliphatic heterocycles. The maximum atomic E-state index is 12.2. The molecule has 0 unspecified atom stereocenters. The lowest BCUT2D eigenvalue weighted by Gasteiger charge is -2.35. The van der Waals surface area contributed by atoms with Gasteiger partial charge < -0.3 is 9.80 Å². The van der Waals surface area contributed by atoms with E-state index in [0.717, 1.165) is 32.5 Å². The number of nitrogens with zero attached hydrogens (tertiary/aromatic N) is 4. The maximum Gasteiger partial charge on any atom is 0.293 e. The number of amides is 1. The SMILES string of the molecule is CCN1CCC(N(C)C(=O)c2n[nH]c(C)n2)CC1. The summed E-state index contributed by atoms with van der Waals surface area (Å²) in [5.41, 5.74) is 0. The number of aromatic nitrogens is 3. The number of carbonyl (C=O) groups excluding carboxylic acids is 1. The quantitative estimate of drug-likeness (QED) is 0.857. The fraction of sp³-hybridized carbons (Fsp3) is 0.750. The van der Waals surface area contributed by atoms with Gasteiger partial charge in [-0.25, -0.2) is 4.98 Å². The number of hydrogen-bond acceptors (Lipinski definition) is 4. The molecule has 0 aromatic carbocycles. The smallest absolute Gasteiger partial charge is 0.293 e. The molecule has 0 atom stereocenters. The molecule has 1 amide bonds. The molecule has 18 heavy (non-hydrogen) atoms. The number of aromatic amines is 1. The number of H-pyrrole nitrogens is 1. The molecule has 1 aliphatic rings. The Morgan fingerprint density at radius 2 is 2.17 bits per heavy atom. The van der Waals surface area contributed by atoms with Gasteiger partial charge in [0.05, 0.1) is 0 Å². The molecule has 2 heterocycles. The largest absolute Gasteiger partial charge is 0.336 e. The van der Waals surface area contributed by atoms with E-state index in [0.29, 0.717) is 11.9 Å². The highest BCUT2D eigenvalue weighted by Gasteiger charge is 2.27. The Hall–Kier alpha value is -1.43. The van der Waals surface area contributed by atoms with Gasteiger partial charge in [-0.1, -0.05) is 6.92 Å². The lowest BCUT2D eigenvalue weighted by Crippen LogP contribution is -2.45. The zero-order chi connectivity index (χ0) is 13.1. The van der Waals surface area contributed by atoms with Gasteiger partial charge in [-0.05, 0) is 26.3 Å². The van der Waals surface area contributed by atoms with E-state index in [1.807, 2.05) is 7.05 Å². The molecule has 6 nitrogen and oxygen atoms in total. The summed E-state index contributed by atoms with van der Waals surface area (Å²) in [6, 6.07) is 0.305. The molecule has 0 saturated carbocycles. The van der Waals surface area contributed by atoms with E-state index < -0.39 is 0 Å². The number of piperidine rings is 1. The summed E-state index contributed by atoms with van der Waals surface area (Å²) < 4.78 is 0. The standard InChI is InChI=1S/C12H21N5O/c1-4-17-7-5-10(6-8-17)16(3)12(18)11-13-9(2)14-15-11/h10H,4-8H2,1-3H3,(H,13,14,15). The van der Waals surface area contributed by atoms with Crippen LogP contribution in [0.2, 0.25) is 0 Å². The number of hydrogen-bond donors (Lipinski definition) is 1. The summed E-state index contributed by atoms with van der Waals surface area (Å²) in [5, 5.41) is 6.63. The monoisotopic (exact) mass is 251 g/mol. The van der Waals surface area contributed by atoms with Gasteiger partial charge in [0, 0.05) is 26.2 Å². The third-order valence-electron chi connectivity index (χ3n) is 3.66. The van der Waals surface area contributed by atoms with Gasteiger partial charge in [-0.3, -0.25) is 9.89 Å². The lowest BCUT2D eigenvalue weighted by atomic mass is 10.0. The highest BCUT2D eigenvalue weighted by molar-refractivity contribution is 5.90. The Kier molecular flexibility index (Phi) is 3.96. The number of nitrogens with one attached hydrogen (secondary N) is 1. The topological polar surface area (TPSA) is 65.1 Å². The van der Waals surface area contributed by atoms with Crippen LogP contribution in [0.15, 0.2) is 0 Å². The van der Waals surface area contributed by atoms with E-state index in [9.17, 15) is 4.79 Å². The van der Waals surface area contributed by atoms with Gasteiger partial charge in [0.15, 0.2) is 0 Å². The molecule has 2 rings (SSSR count). The summed E-state index contributed by atoms with van der Waals surface area (Å²) in [5.74, 6) is 0.856. The van der Waals surface area contributed by atoms with Crippen molar-refractivity contribution in [2.75, 3.05) is 26.7 Å². The fourth-order valence-corrected chi connectivity index (χ4v) is 2.38. The number of aryl methyl sites for hydroxylation is 1. The normalized spacial score (nSPS) is 17.9. The van der Waals surface area contributed by atoms with Gasteiger partial charge in [-0.15, -0.1) is 5.10 Å². The molecule has 100 valence electrons. The van der Waals surface area contributed by atoms with Crippen molar-refractivity contribution in [3.8, 4) is 0 Å². The zero-order valence-corrected chi connectivity index (χ0v) is 11.3. The van der Waals surface area contributed by atoms with Gasteiger partial charge >= 0.3 is 0 Å². The van der Waals surface area contributed by atoms with Gasteiger partial charge in [-0.2, -0.15) is 0 Å². The molecule has 1 fully saturated rings. The number of likely N-dealkylation sites (tertiary alicyclic amines) is 1.